The summed E-state index contributed by atoms with van der Waals surface area (Å²) in [5.74, 6) is -1.12. The summed E-state index contributed by atoms with van der Waals surface area (Å²) in [6.45, 7) is 8.89. The average molecular weight is 301 g/mol. The minimum atomic E-state index is -3.71. The molecule has 0 radical (unpaired) electrons. The molecule has 1 aromatic heterocycles. The molecule has 0 bridgehead atoms. The maximum atomic E-state index is 12.3. The Kier molecular flexibility index (Phi) is 5.04. The molecular formula is C12H15NO4S2. The molecule has 0 saturated carbocycles. The van der Waals surface area contributed by atoms with Crippen LogP contribution >= 0.6 is 11.3 Å². The molecule has 19 heavy (non-hydrogen) atoms. The van der Waals surface area contributed by atoms with Crippen LogP contribution in [-0.2, 0) is 10.0 Å². The van der Waals surface area contributed by atoms with Gasteiger partial charge in [-0.05, 0) is 18.6 Å². The van der Waals surface area contributed by atoms with E-state index in [0.29, 0.717) is 5.56 Å². The number of carboxylic acids is 1. The molecule has 1 N–H and O–H groups in total. The van der Waals surface area contributed by atoms with Crippen molar-refractivity contribution < 1.29 is 18.3 Å². The summed E-state index contributed by atoms with van der Waals surface area (Å²) in [6, 6.07) is 1.38. The van der Waals surface area contributed by atoms with Gasteiger partial charge in [-0.15, -0.1) is 24.5 Å². The van der Waals surface area contributed by atoms with Gasteiger partial charge in [0.2, 0.25) is 0 Å². The smallest absolute Gasteiger partial charge is 0.346 e. The summed E-state index contributed by atoms with van der Waals surface area (Å²) in [6.07, 6.45) is 2.94. The number of rotatable bonds is 7. The lowest BCUT2D eigenvalue weighted by molar-refractivity contribution is 0.0701. The number of aryl methyl sites for hydroxylation is 1. The van der Waals surface area contributed by atoms with Crippen LogP contribution in [0.2, 0.25) is 0 Å². The van der Waals surface area contributed by atoms with Crippen LogP contribution in [0.3, 0.4) is 0 Å². The van der Waals surface area contributed by atoms with E-state index in [1.807, 2.05) is 0 Å². The van der Waals surface area contributed by atoms with Crippen LogP contribution in [-0.4, -0.2) is 36.9 Å². The number of thiophene rings is 1. The summed E-state index contributed by atoms with van der Waals surface area (Å²) in [7, 11) is -3.71. The molecule has 104 valence electrons. The summed E-state index contributed by atoms with van der Waals surface area (Å²) < 4.78 is 25.9. The van der Waals surface area contributed by atoms with Gasteiger partial charge in [0.05, 0.1) is 0 Å². The number of carboxylic acid groups (broad SMARTS) is 1. The number of carbonyl (C=O) groups is 1. The molecule has 1 rings (SSSR count). The number of hydrogen-bond donors (Lipinski definition) is 1. The van der Waals surface area contributed by atoms with E-state index in [1.165, 1.54) is 22.5 Å². The third-order valence-corrected chi connectivity index (χ3v) is 5.85. The molecule has 5 nitrogen and oxygen atoms in total. The van der Waals surface area contributed by atoms with E-state index < -0.39 is 16.0 Å². The maximum Gasteiger partial charge on any atom is 0.346 e. The van der Waals surface area contributed by atoms with Crippen LogP contribution in [0.25, 0.3) is 0 Å². The second-order valence-electron chi connectivity index (χ2n) is 3.78. The van der Waals surface area contributed by atoms with E-state index in [9.17, 15) is 13.2 Å². The second-order valence-corrected chi connectivity index (χ2v) is 7.00. The SMILES string of the molecule is C=CCN(CC=C)S(=O)(=O)c1cc(C)c(C(=O)O)s1. The van der Waals surface area contributed by atoms with Crippen molar-refractivity contribution in [1.29, 1.82) is 0 Å². The van der Waals surface area contributed by atoms with Crippen molar-refractivity contribution in [3.63, 3.8) is 0 Å². The molecule has 0 fully saturated rings. The van der Waals surface area contributed by atoms with Crippen LogP contribution in [0.4, 0.5) is 0 Å². The highest BCUT2D eigenvalue weighted by molar-refractivity contribution is 7.91. The normalized spacial score (nSPS) is 11.5. The lowest BCUT2D eigenvalue weighted by Gasteiger charge is -2.17. The molecule has 0 amide bonds. The highest BCUT2D eigenvalue weighted by Crippen LogP contribution is 2.28. The summed E-state index contributed by atoms with van der Waals surface area (Å²) in [5.41, 5.74) is 0.438. The Balaban J connectivity index is 3.25. The fourth-order valence-corrected chi connectivity index (χ4v) is 4.39. The van der Waals surface area contributed by atoms with Gasteiger partial charge >= 0.3 is 5.97 Å². The van der Waals surface area contributed by atoms with Gasteiger partial charge in [0, 0.05) is 13.1 Å². The van der Waals surface area contributed by atoms with Gasteiger partial charge in [0.25, 0.3) is 10.0 Å². The first-order valence-electron chi connectivity index (χ1n) is 5.40. The molecule has 0 spiro atoms. The largest absolute Gasteiger partial charge is 0.477 e. The summed E-state index contributed by atoms with van der Waals surface area (Å²) in [5, 5.41) is 8.96. The zero-order chi connectivity index (χ0) is 14.6. The molecule has 1 heterocycles. The maximum absolute atomic E-state index is 12.3. The van der Waals surface area contributed by atoms with Gasteiger partial charge in [-0.1, -0.05) is 12.2 Å². The number of aromatic carboxylic acids is 1. The molecule has 0 saturated heterocycles. The van der Waals surface area contributed by atoms with Gasteiger partial charge < -0.3 is 5.11 Å². The van der Waals surface area contributed by atoms with Crippen molar-refractivity contribution in [2.45, 2.75) is 11.1 Å². The molecule has 0 aromatic carbocycles. The topological polar surface area (TPSA) is 74.7 Å². The lowest BCUT2D eigenvalue weighted by atomic mass is 10.3. The van der Waals surface area contributed by atoms with Crippen LogP contribution in [0.15, 0.2) is 35.6 Å². The van der Waals surface area contributed by atoms with E-state index in [4.69, 9.17) is 5.11 Å². The molecule has 0 unspecified atom stereocenters. The molecule has 0 aliphatic carbocycles. The van der Waals surface area contributed by atoms with Crippen molar-refractivity contribution >= 4 is 27.3 Å². The van der Waals surface area contributed by atoms with Crippen LogP contribution < -0.4 is 0 Å². The Morgan fingerprint density at radius 1 is 1.42 bits per heavy atom. The monoisotopic (exact) mass is 301 g/mol. The van der Waals surface area contributed by atoms with Crippen LogP contribution in [0, 0.1) is 6.92 Å². The van der Waals surface area contributed by atoms with E-state index in [2.05, 4.69) is 13.2 Å². The van der Waals surface area contributed by atoms with Gasteiger partial charge in [0.1, 0.15) is 9.09 Å². The number of sulfonamides is 1. The first-order chi connectivity index (χ1) is 8.84. The first-order valence-corrected chi connectivity index (χ1v) is 7.66. The standard InChI is InChI=1S/C12H15NO4S2/c1-4-6-13(7-5-2)19(16,17)10-8-9(3)11(18-10)12(14)15/h4-5,8H,1-2,6-7H2,3H3,(H,14,15). The summed E-state index contributed by atoms with van der Waals surface area (Å²) >= 11 is 0.757. The van der Waals surface area contributed by atoms with Gasteiger partial charge in [-0.25, -0.2) is 13.2 Å². The molecule has 1 aromatic rings. The second kappa shape index (κ2) is 6.14. The van der Waals surface area contributed by atoms with Crippen molar-refractivity contribution in [2.75, 3.05) is 13.1 Å². The summed E-state index contributed by atoms with van der Waals surface area (Å²) in [4.78, 5) is 11.0. The molecule has 0 aliphatic rings. The Labute approximate surface area is 116 Å². The minimum Gasteiger partial charge on any atom is -0.477 e. The third-order valence-electron chi connectivity index (χ3n) is 2.35. The predicted molar refractivity (Wildman–Crippen MR) is 75.2 cm³/mol. The Morgan fingerprint density at radius 3 is 2.32 bits per heavy atom. The zero-order valence-electron chi connectivity index (χ0n) is 10.5. The molecule has 0 aliphatic heterocycles. The van der Waals surface area contributed by atoms with Gasteiger partial charge in [-0.3, -0.25) is 0 Å². The van der Waals surface area contributed by atoms with Crippen LogP contribution in [0.1, 0.15) is 15.2 Å². The first kappa shape index (κ1) is 15.6. The van der Waals surface area contributed by atoms with Crippen molar-refractivity contribution in [3.05, 3.63) is 41.8 Å². The van der Waals surface area contributed by atoms with E-state index >= 15 is 0 Å². The molecule has 0 atom stereocenters. The van der Waals surface area contributed by atoms with Crippen molar-refractivity contribution in [3.8, 4) is 0 Å². The lowest BCUT2D eigenvalue weighted by Crippen LogP contribution is -2.30. The van der Waals surface area contributed by atoms with Crippen molar-refractivity contribution in [2.24, 2.45) is 0 Å². The fraction of sp³-hybridized carbons (Fsp3) is 0.250. The average Bonchev–Trinajstić information content (AvgIpc) is 2.72. The van der Waals surface area contributed by atoms with Gasteiger partial charge in [0.15, 0.2) is 0 Å². The molecule has 7 heteroatoms. The van der Waals surface area contributed by atoms with E-state index in [1.54, 1.807) is 6.92 Å². The predicted octanol–water partition coefficient (Wildman–Crippen LogP) is 2.12. The highest BCUT2D eigenvalue weighted by Gasteiger charge is 2.26. The van der Waals surface area contributed by atoms with Crippen molar-refractivity contribution in [1.82, 2.24) is 4.31 Å². The van der Waals surface area contributed by atoms with Crippen LogP contribution in [0.5, 0.6) is 0 Å². The highest BCUT2D eigenvalue weighted by atomic mass is 32.2. The minimum absolute atomic E-state index is 0.0195. The fourth-order valence-electron chi connectivity index (χ4n) is 1.48. The Bertz CT molecular complexity index is 591. The quantitative estimate of drug-likeness (QED) is 0.783. The number of hydrogen-bond acceptors (Lipinski definition) is 4. The van der Waals surface area contributed by atoms with E-state index in [0.717, 1.165) is 11.3 Å². The number of nitrogens with zero attached hydrogens (tertiary/aromatic N) is 1. The third kappa shape index (κ3) is 3.31. The van der Waals surface area contributed by atoms with E-state index in [-0.39, 0.29) is 22.2 Å². The Hall–Kier alpha value is -1.44. The molecular weight excluding hydrogens is 286 g/mol. The Morgan fingerprint density at radius 2 is 1.95 bits per heavy atom. The zero-order valence-corrected chi connectivity index (χ0v) is 12.1. The van der Waals surface area contributed by atoms with Gasteiger partial charge in [-0.2, -0.15) is 4.31 Å².